The van der Waals surface area contributed by atoms with Crippen LogP contribution in [0, 0.1) is 0 Å². The molecule has 4 radical (unpaired) electrons. The number of fused-ring (bicyclic) bond motifs is 4. The number of hydrogen-bond donors (Lipinski definition) is 0. The molecule has 8 rings (SSSR count). The molecule has 0 aliphatic heterocycles. The first-order valence-corrected chi connectivity index (χ1v) is 19.8. The van der Waals surface area contributed by atoms with Gasteiger partial charge in [0.05, 0.1) is 0 Å². The van der Waals surface area contributed by atoms with Crippen molar-refractivity contribution in [3.8, 4) is 0 Å². The van der Waals surface area contributed by atoms with Crippen molar-refractivity contribution in [3.63, 3.8) is 0 Å². The van der Waals surface area contributed by atoms with Gasteiger partial charge < -0.3 is 24.8 Å². The van der Waals surface area contributed by atoms with Crippen molar-refractivity contribution in [1.29, 1.82) is 0 Å². The average Bonchev–Trinajstić information content (AvgIpc) is 4.00. The first-order chi connectivity index (χ1) is 24.7. The topological polar surface area (TPSA) is 0 Å². The van der Waals surface area contributed by atoms with Gasteiger partial charge in [-0.25, -0.2) is 0 Å². The van der Waals surface area contributed by atoms with Gasteiger partial charge in [0.15, 0.2) is 0 Å². The minimum absolute atomic E-state index is 0. The Morgan fingerprint density at radius 2 is 0.556 bits per heavy atom. The zero-order chi connectivity index (χ0) is 35.5. The Morgan fingerprint density at radius 3 is 0.741 bits per heavy atom. The number of halogens is 2. The molecule has 0 aliphatic rings. The van der Waals surface area contributed by atoms with Crippen molar-refractivity contribution < 1.29 is 76.5 Å². The van der Waals surface area contributed by atoms with Gasteiger partial charge >= 0.3 is 0 Å². The normalized spacial score (nSPS) is 8.89. The van der Waals surface area contributed by atoms with Crippen molar-refractivity contribution in [2.45, 2.75) is 24.2 Å². The van der Waals surface area contributed by atoms with Crippen LogP contribution in [-0.2, 0) is 51.7 Å². The second kappa shape index (κ2) is 34.5. The van der Waals surface area contributed by atoms with E-state index in [4.69, 9.17) is 0 Å². The fourth-order valence-corrected chi connectivity index (χ4v) is 6.00. The van der Waals surface area contributed by atoms with Crippen molar-refractivity contribution in [2.75, 3.05) is 0 Å². The van der Waals surface area contributed by atoms with Crippen LogP contribution >= 0.6 is 0 Å². The van der Waals surface area contributed by atoms with Crippen LogP contribution in [-0.4, -0.2) is 19.0 Å². The molecule has 0 spiro atoms. The van der Waals surface area contributed by atoms with Gasteiger partial charge in [0.1, 0.15) is 0 Å². The van der Waals surface area contributed by atoms with E-state index in [2.05, 4.69) is 196 Å². The van der Waals surface area contributed by atoms with Gasteiger partial charge in [-0.2, -0.15) is 70.1 Å². The summed E-state index contributed by atoms with van der Waals surface area (Å²) >= 11 is 0. The standard InChI is InChI=1S/4C9H7.2C6H10Si.2ClH.2Hf/c4*1-2-5-9-7-3-6-8(9)4-1;2*1-3-5-7-6-4-2;;;;/h4*1-7H;2*3-4H,1-2,5-6H2;2*1H;;/q4*-1;;;;;;/p-2. The van der Waals surface area contributed by atoms with E-state index in [0.29, 0.717) is 0 Å². The monoisotopic (exact) mass is 1110 g/mol. The molecule has 0 atom stereocenters. The second-order valence-electron chi connectivity index (χ2n) is 11.1. The summed E-state index contributed by atoms with van der Waals surface area (Å²) in [5, 5.41) is 10.6. The summed E-state index contributed by atoms with van der Waals surface area (Å²) < 4.78 is 0. The number of benzene rings is 4. The molecule has 0 saturated heterocycles. The minimum Gasteiger partial charge on any atom is -1.00 e. The summed E-state index contributed by atoms with van der Waals surface area (Å²) in [7, 11) is 1.99. The summed E-state index contributed by atoms with van der Waals surface area (Å²) in [6.07, 6.45) is 7.79. The van der Waals surface area contributed by atoms with Crippen molar-refractivity contribution in [2.24, 2.45) is 0 Å². The van der Waals surface area contributed by atoms with E-state index in [0.717, 1.165) is 43.2 Å². The molecule has 0 unspecified atom stereocenters. The van der Waals surface area contributed by atoms with Crippen LogP contribution in [0.2, 0.25) is 24.2 Å². The SMILES string of the molecule is C=CC[Si]CC=C.C=CC[Si]CC=C.[Cl-].[Cl-].[Hf].[Hf].c1ccc2[cH-]ccc2c1.c1ccc2[cH-]ccc2c1.c1ccc2[cH-]ccc2c1.c1ccc2[cH-]ccc2c1. The Kier molecular flexibility index (Phi) is 34.0. The largest absolute Gasteiger partial charge is 1.00 e. The van der Waals surface area contributed by atoms with E-state index in [1.807, 2.05) is 24.3 Å². The predicted molar refractivity (Wildman–Crippen MR) is 230 cm³/mol. The third kappa shape index (κ3) is 21.2. The molecule has 0 fully saturated rings. The maximum atomic E-state index is 3.61. The maximum absolute atomic E-state index is 3.61. The van der Waals surface area contributed by atoms with E-state index >= 15 is 0 Å². The fraction of sp³-hybridized carbons (Fsp3) is 0.0833. The Hall–Kier alpha value is -2.97. The van der Waals surface area contributed by atoms with Crippen LogP contribution in [0.1, 0.15) is 0 Å². The Labute approximate surface area is 379 Å². The molecule has 8 aromatic carbocycles. The zero-order valence-electron chi connectivity index (χ0n) is 30.9. The summed E-state index contributed by atoms with van der Waals surface area (Å²) in [6.45, 7) is 14.4. The van der Waals surface area contributed by atoms with Gasteiger partial charge in [-0.1, -0.05) is 48.6 Å². The summed E-state index contributed by atoms with van der Waals surface area (Å²) in [5.74, 6) is 0. The minimum atomic E-state index is 0. The van der Waals surface area contributed by atoms with Gasteiger partial charge in [0.2, 0.25) is 0 Å². The van der Waals surface area contributed by atoms with Crippen LogP contribution in [0.4, 0.5) is 0 Å². The molecule has 0 amide bonds. The molecule has 6 heteroatoms. The van der Waals surface area contributed by atoms with Crippen LogP contribution in [0.5, 0.6) is 0 Å². The number of allylic oxidation sites excluding steroid dienone is 4. The Bertz CT molecular complexity index is 1660. The van der Waals surface area contributed by atoms with E-state index in [1.165, 1.54) is 43.1 Å². The summed E-state index contributed by atoms with van der Waals surface area (Å²) in [4.78, 5) is 0. The first-order valence-electron chi connectivity index (χ1n) is 17.0. The molecule has 276 valence electrons. The van der Waals surface area contributed by atoms with Crippen LogP contribution in [0.3, 0.4) is 0 Å². The number of rotatable bonds is 8. The quantitative estimate of drug-likeness (QED) is 0.0627. The first kappa shape index (κ1) is 53.1. The molecule has 0 N–H and O–H groups in total. The molecule has 0 aromatic heterocycles. The predicted octanol–water partition coefficient (Wildman–Crippen LogP) is 8.04. The molecular formula is C48H48Cl2Hf2Si2-6. The molecule has 0 heterocycles. The fourth-order valence-electron chi connectivity index (χ4n) is 4.85. The van der Waals surface area contributed by atoms with Gasteiger partial charge in [-0.15, -0.1) is 145 Å². The van der Waals surface area contributed by atoms with Crippen molar-refractivity contribution in [1.82, 2.24) is 0 Å². The average molecular weight is 1110 g/mol. The van der Waals surface area contributed by atoms with Gasteiger partial charge in [-0.05, 0) is 24.2 Å². The molecular weight excluding hydrogens is 1060 g/mol. The van der Waals surface area contributed by atoms with E-state index in [1.54, 1.807) is 0 Å². The van der Waals surface area contributed by atoms with Crippen LogP contribution < -0.4 is 24.8 Å². The smallest absolute Gasteiger partial charge is 0.0462 e. The Balaban J connectivity index is 0. The van der Waals surface area contributed by atoms with Crippen molar-refractivity contribution in [3.05, 3.63) is 220 Å². The van der Waals surface area contributed by atoms with E-state index in [-0.39, 0.29) is 76.5 Å². The summed E-state index contributed by atoms with van der Waals surface area (Å²) in [6, 6.07) is 63.3. The van der Waals surface area contributed by atoms with E-state index < -0.39 is 0 Å². The van der Waals surface area contributed by atoms with Crippen LogP contribution in [0.25, 0.3) is 43.1 Å². The third-order valence-corrected chi connectivity index (χ3v) is 9.65. The van der Waals surface area contributed by atoms with Gasteiger partial charge in [0, 0.05) is 70.7 Å². The summed E-state index contributed by atoms with van der Waals surface area (Å²) in [5.41, 5.74) is 0. The molecule has 0 aliphatic carbocycles. The third-order valence-electron chi connectivity index (χ3n) is 7.35. The van der Waals surface area contributed by atoms with Crippen LogP contribution in [0.15, 0.2) is 220 Å². The Morgan fingerprint density at radius 1 is 0.352 bits per heavy atom. The second-order valence-corrected chi connectivity index (χ2v) is 13.7. The molecule has 0 nitrogen and oxygen atoms in total. The number of hydrogen-bond acceptors (Lipinski definition) is 0. The maximum Gasteiger partial charge on any atom is 0.0462 e. The van der Waals surface area contributed by atoms with E-state index in [9.17, 15) is 0 Å². The zero-order valence-corrected chi connectivity index (χ0v) is 41.6. The molecule has 0 saturated carbocycles. The van der Waals surface area contributed by atoms with Crippen molar-refractivity contribution >= 4 is 62.1 Å². The van der Waals surface area contributed by atoms with Gasteiger partial charge in [-0.3, -0.25) is 0 Å². The molecule has 54 heavy (non-hydrogen) atoms. The molecule has 8 aromatic rings. The molecule has 0 bridgehead atoms. The van der Waals surface area contributed by atoms with Gasteiger partial charge in [0.25, 0.3) is 0 Å².